The summed E-state index contributed by atoms with van der Waals surface area (Å²) in [5.74, 6) is -1.77. The number of aliphatic carboxylic acids is 1. The number of rotatable bonds is 8. The highest BCUT2D eigenvalue weighted by molar-refractivity contribution is 5.81. The van der Waals surface area contributed by atoms with Gasteiger partial charge in [0, 0.05) is 13.0 Å². The maximum Gasteiger partial charge on any atom is 0.307 e. The molecule has 39 heavy (non-hydrogen) atoms. The van der Waals surface area contributed by atoms with Crippen LogP contribution in [0.3, 0.4) is 0 Å². The third-order valence-electron chi connectivity index (χ3n) is 7.85. The van der Waals surface area contributed by atoms with E-state index in [1.54, 1.807) is 11.6 Å². The molecule has 5 rings (SSSR count). The van der Waals surface area contributed by atoms with Crippen LogP contribution in [0.5, 0.6) is 0 Å². The minimum Gasteiger partial charge on any atom is -0.481 e. The summed E-state index contributed by atoms with van der Waals surface area (Å²) in [6.45, 7) is 5.81. The molecule has 0 radical (unpaired) electrons. The zero-order chi connectivity index (χ0) is 27.7. The fourth-order valence-corrected chi connectivity index (χ4v) is 5.40. The van der Waals surface area contributed by atoms with Gasteiger partial charge in [0.05, 0.1) is 18.0 Å². The Hall–Kier alpha value is -4.29. The maximum atomic E-state index is 12.1. The molecule has 0 saturated heterocycles. The van der Waals surface area contributed by atoms with Crippen LogP contribution in [-0.4, -0.2) is 31.2 Å². The average molecular weight is 520 g/mol. The quantitative estimate of drug-likeness (QED) is 0.255. The second-order valence-corrected chi connectivity index (χ2v) is 10.4. The molecule has 0 aliphatic carbocycles. The topological polar surface area (TPSA) is 88.2 Å². The lowest BCUT2D eigenvalue weighted by Crippen LogP contribution is -2.21. The molecule has 0 saturated carbocycles. The van der Waals surface area contributed by atoms with Crippen LogP contribution in [0.25, 0.3) is 22.2 Å². The van der Waals surface area contributed by atoms with Crippen molar-refractivity contribution in [1.82, 2.24) is 15.0 Å². The maximum absolute atomic E-state index is 12.1. The number of aliphatic hydroxyl groups excluding tert-OH is 1. The van der Waals surface area contributed by atoms with Crippen LogP contribution >= 0.6 is 0 Å². The molecule has 5 aromatic rings. The van der Waals surface area contributed by atoms with Gasteiger partial charge in [0.15, 0.2) is 0 Å². The molecule has 198 valence electrons. The van der Waals surface area contributed by atoms with Crippen LogP contribution in [0.4, 0.5) is 0 Å². The molecular weight excluding hydrogens is 486 g/mol. The Morgan fingerprint density at radius 1 is 0.897 bits per heavy atom. The molecule has 1 aromatic heterocycles. The first-order chi connectivity index (χ1) is 18.8. The summed E-state index contributed by atoms with van der Waals surface area (Å²) in [5, 5.41) is 28.0. The Balaban J connectivity index is 1.41. The Labute approximate surface area is 228 Å². The van der Waals surface area contributed by atoms with E-state index in [2.05, 4.69) is 64.9 Å². The molecule has 6 nitrogen and oxygen atoms in total. The van der Waals surface area contributed by atoms with E-state index in [-0.39, 0.29) is 12.5 Å². The monoisotopic (exact) mass is 519 g/mol. The molecule has 0 fully saturated rings. The summed E-state index contributed by atoms with van der Waals surface area (Å²) in [6, 6.07) is 26.9. The minimum absolute atomic E-state index is 0.0508. The number of benzene rings is 4. The molecule has 4 aromatic carbocycles. The number of fused-ring (bicyclic) bond motifs is 1. The summed E-state index contributed by atoms with van der Waals surface area (Å²) >= 11 is 0. The number of aliphatic hydroxyl groups is 1. The van der Waals surface area contributed by atoms with Gasteiger partial charge in [-0.25, -0.2) is 4.68 Å². The molecule has 0 aliphatic heterocycles. The molecule has 0 aliphatic rings. The van der Waals surface area contributed by atoms with Gasteiger partial charge in [-0.05, 0) is 76.4 Å². The Morgan fingerprint density at radius 3 is 2.18 bits per heavy atom. The Kier molecular flexibility index (Phi) is 7.31. The molecular formula is C33H33N3O3. The zero-order valence-corrected chi connectivity index (χ0v) is 22.7. The van der Waals surface area contributed by atoms with Crippen molar-refractivity contribution in [1.29, 1.82) is 0 Å². The van der Waals surface area contributed by atoms with Crippen molar-refractivity contribution in [2.24, 2.45) is 13.0 Å². The van der Waals surface area contributed by atoms with E-state index >= 15 is 0 Å². The lowest BCUT2D eigenvalue weighted by atomic mass is 9.79. The molecule has 0 bridgehead atoms. The van der Waals surface area contributed by atoms with Crippen molar-refractivity contribution in [3.05, 3.63) is 118 Å². The lowest BCUT2D eigenvalue weighted by molar-refractivity contribution is -0.141. The zero-order valence-electron chi connectivity index (χ0n) is 22.7. The number of aryl methyl sites for hydroxylation is 3. The smallest absolute Gasteiger partial charge is 0.307 e. The third-order valence-corrected chi connectivity index (χ3v) is 7.85. The van der Waals surface area contributed by atoms with E-state index in [9.17, 15) is 15.0 Å². The first-order valence-electron chi connectivity index (χ1n) is 13.2. The van der Waals surface area contributed by atoms with Crippen molar-refractivity contribution in [2.45, 2.75) is 39.7 Å². The molecule has 0 spiro atoms. The van der Waals surface area contributed by atoms with Gasteiger partial charge in [-0.15, -0.1) is 5.10 Å². The normalized spacial score (nSPS) is 12.9. The van der Waals surface area contributed by atoms with Crippen LogP contribution in [0.15, 0.2) is 78.9 Å². The minimum atomic E-state index is -0.835. The summed E-state index contributed by atoms with van der Waals surface area (Å²) in [6.07, 6.45) is 0.802. The van der Waals surface area contributed by atoms with Crippen molar-refractivity contribution in [2.75, 3.05) is 0 Å². The largest absolute Gasteiger partial charge is 0.481 e. The fraction of sp³-hybridized carbons (Fsp3) is 0.242. The molecule has 2 atom stereocenters. The highest BCUT2D eigenvalue weighted by Gasteiger charge is 2.29. The van der Waals surface area contributed by atoms with Crippen molar-refractivity contribution in [3.63, 3.8) is 0 Å². The fourth-order valence-electron chi connectivity index (χ4n) is 5.40. The van der Waals surface area contributed by atoms with Crippen LogP contribution in [0.1, 0.15) is 51.8 Å². The van der Waals surface area contributed by atoms with Gasteiger partial charge >= 0.3 is 5.97 Å². The Bertz CT molecular complexity index is 1640. The standard InChI is InChI=1S/C33H33N3O3/c1-20-5-6-24(18-28(20)19-37)17-23-7-9-25(10-8-23)26-11-13-27(14-12-26)31(22(3)33(38)39)29-15-16-30-32(21(29)2)34-35-36(30)4/h5-16,18,22,31,37H,17,19H2,1-4H3,(H,38,39)/t22-,31+/m0/s1. The van der Waals surface area contributed by atoms with E-state index in [0.29, 0.717) is 0 Å². The first-order valence-corrected chi connectivity index (χ1v) is 13.2. The highest BCUT2D eigenvalue weighted by atomic mass is 16.4. The number of carboxylic acid groups (broad SMARTS) is 1. The number of hydrogen-bond acceptors (Lipinski definition) is 4. The summed E-state index contributed by atoms with van der Waals surface area (Å²) in [4.78, 5) is 12.1. The van der Waals surface area contributed by atoms with Crippen molar-refractivity contribution in [3.8, 4) is 11.1 Å². The highest BCUT2D eigenvalue weighted by Crippen LogP contribution is 2.37. The van der Waals surface area contributed by atoms with Crippen LogP contribution in [0, 0.1) is 19.8 Å². The number of carboxylic acids is 1. The molecule has 1 heterocycles. The average Bonchev–Trinajstić information content (AvgIpc) is 3.33. The van der Waals surface area contributed by atoms with Gasteiger partial charge in [-0.2, -0.15) is 0 Å². The Morgan fingerprint density at radius 2 is 1.54 bits per heavy atom. The predicted molar refractivity (Wildman–Crippen MR) is 154 cm³/mol. The molecule has 0 amide bonds. The number of nitrogens with zero attached hydrogens (tertiary/aromatic N) is 3. The summed E-state index contributed by atoms with van der Waals surface area (Å²) in [5.41, 5.74) is 11.2. The SMILES string of the molecule is Cc1ccc(Cc2ccc(-c3ccc([C@H](c4ccc5c(nnn5C)c4C)[C@H](C)C(=O)O)cc3)cc2)cc1CO. The second kappa shape index (κ2) is 10.8. The van der Waals surface area contributed by atoms with E-state index in [4.69, 9.17) is 0 Å². The molecule has 6 heteroatoms. The number of aromatic nitrogens is 3. The van der Waals surface area contributed by atoms with Gasteiger partial charge in [0.25, 0.3) is 0 Å². The van der Waals surface area contributed by atoms with Crippen LogP contribution in [-0.2, 0) is 24.9 Å². The molecule has 2 N–H and O–H groups in total. The van der Waals surface area contributed by atoms with Gasteiger partial charge < -0.3 is 10.2 Å². The van der Waals surface area contributed by atoms with Crippen LogP contribution < -0.4 is 0 Å². The van der Waals surface area contributed by atoms with E-state index in [1.807, 2.05) is 45.2 Å². The number of hydrogen-bond donors (Lipinski definition) is 2. The van der Waals surface area contributed by atoms with Crippen molar-refractivity contribution < 1.29 is 15.0 Å². The van der Waals surface area contributed by atoms with Gasteiger partial charge in [-0.1, -0.05) is 84.9 Å². The van der Waals surface area contributed by atoms with Gasteiger partial charge in [0.2, 0.25) is 0 Å². The van der Waals surface area contributed by atoms with E-state index in [0.717, 1.165) is 56.4 Å². The van der Waals surface area contributed by atoms with Crippen LogP contribution in [0.2, 0.25) is 0 Å². The van der Waals surface area contributed by atoms with E-state index in [1.165, 1.54) is 11.1 Å². The van der Waals surface area contributed by atoms with E-state index < -0.39 is 11.9 Å². The molecule has 0 unspecified atom stereocenters. The first kappa shape index (κ1) is 26.3. The predicted octanol–water partition coefficient (Wildman–Crippen LogP) is 6.19. The van der Waals surface area contributed by atoms with Crippen molar-refractivity contribution >= 4 is 17.0 Å². The summed E-state index contributed by atoms with van der Waals surface area (Å²) in [7, 11) is 1.85. The second-order valence-electron chi connectivity index (χ2n) is 10.4. The number of carbonyl (C=O) groups is 1. The van der Waals surface area contributed by atoms with Gasteiger partial charge in [0.1, 0.15) is 5.52 Å². The lowest BCUT2D eigenvalue weighted by Gasteiger charge is -2.24. The third kappa shape index (κ3) is 5.20. The van der Waals surface area contributed by atoms with Gasteiger partial charge in [-0.3, -0.25) is 4.79 Å². The summed E-state index contributed by atoms with van der Waals surface area (Å²) < 4.78 is 1.73.